The lowest BCUT2D eigenvalue weighted by Gasteiger charge is -2.13. The minimum atomic E-state index is -0.910. The van der Waals surface area contributed by atoms with Gasteiger partial charge in [0, 0.05) is 22.6 Å². The number of anilines is 1. The summed E-state index contributed by atoms with van der Waals surface area (Å²) >= 11 is 0. The Morgan fingerprint density at radius 3 is 2.33 bits per heavy atom. The molecule has 2 N–H and O–H groups in total. The molecular formula is C24H24N4O5. The lowest BCUT2D eigenvalue weighted by Crippen LogP contribution is -2.32. The van der Waals surface area contributed by atoms with Crippen molar-refractivity contribution < 1.29 is 23.9 Å². The van der Waals surface area contributed by atoms with E-state index in [0.717, 1.165) is 11.4 Å². The number of amides is 2. The molecule has 0 spiro atoms. The number of nitrogens with zero attached hydrogens (tertiary/aromatic N) is 2. The Morgan fingerprint density at radius 1 is 0.970 bits per heavy atom. The van der Waals surface area contributed by atoms with Crippen LogP contribution in [0.25, 0.3) is 5.69 Å². The highest BCUT2D eigenvalue weighted by molar-refractivity contribution is 6.39. The van der Waals surface area contributed by atoms with Gasteiger partial charge in [-0.3, -0.25) is 9.59 Å². The Kier molecular flexibility index (Phi) is 7.24. The summed E-state index contributed by atoms with van der Waals surface area (Å²) in [7, 11) is 2.87. The molecule has 9 nitrogen and oxygen atoms in total. The van der Waals surface area contributed by atoms with Gasteiger partial charge in [0.25, 0.3) is 0 Å². The number of aryl methyl sites for hydroxylation is 1. The number of methoxy groups -OCH3 is 2. The van der Waals surface area contributed by atoms with E-state index >= 15 is 0 Å². The third-order valence-corrected chi connectivity index (χ3v) is 4.94. The number of para-hydroxylation sites is 1. The number of hydrogen-bond donors (Lipinski definition) is 2. The predicted molar refractivity (Wildman–Crippen MR) is 124 cm³/mol. The maximum Gasteiger partial charge on any atom is 0.339 e. The Morgan fingerprint density at radius 2 is 1.67 bits per heavy atom. The van der Waals surface area contributed by atoms with Crippen molar-refractivity contribution in [3.05, 3.63) is 77.1 Å². The molecule has 0 saturated carbocycles. The number of nitrogens with one attached hydrogen (secondary N) is 2. The Labute approximate surface area is 191 Å². The van der Waals surface area contributed by atoms with Crippen molar-refractivity contribution in [1.29, 1.82) is 0 Å². The molecule has 2 amide bonds. The van der Waals surface area contributed by atoms with Crippen molar-refractivity contribution in [2.24, 2.45) is 5.10 Å². The molecule has 0 saturated heterocycles. The summed E-state index contributed by atoms with van der Waals surface area (Å²) in [5.74, 6) is -1.57. The lowest BCUT2D eigenvalue weighted by atomic mass is 10.1. The quantitative estimate of drug-likeness (QED) is 0.261. The standard InChI is InChI=1S/C24H24N4O5/c1-15-13-17(16(2)28(15)21-8-6-5-7-20(21)24(31)33-4)14-25-27-23(30)22(29)26-18-9-11-19(32-3)12-10-18/h5-14H,1-4H3,(H,26,29)(H,27,30)/b25-14+. The van der Waals surface area contributed by atoms with Crippen molar-refractivity contribution >= 4 is 29.7 Å². The largest absolute Gasteiger partial charge is 0.497 e. The topological polar surface area (TPSA) is 111 Å². The zero-order valence-electron chi connectivity index (χ0n) is 18.7. The molecule has 0 bridgehead atoms. The maximum atomic E-state index is 12.2. The highest BCUT2D eigenvalue weighted by Gasteiger charge is 2.17. The van der Waals surface area contributed by atoms with Gasteiger partial charge in [-0.25, -0.2) is 10.2 Å². The van der Waals surface area contributed by atoms with Gasteiger partial charge in [-0.05, 0) is 56.3 Å². The number of carbonyl (C=O) groups is 3. The number of hydrazone groups is 1. The third kappa shape index (κ3) is 5.27. The molecule has 2 aromatic carbocycles. The van der Waals surface area contributed by atoms with Gasteiger partial charge in [-0.15, -0.1) is 0 Å². The monoisotopic (exact) mass is 448 g/mol. The van der Waals surface area contributed by atoms with E-state index < -0.39 is 17.8 Å². The average molecular weight is 448 g/mol. The molecule has 0 unspecified atom stereocenters. The molecule has 0 atom stereocenters. The van der Waals surface area contributed by atoms with Gasteiger partial charge in [0.1, 0.15) is 5.75 Å². The molecule has 1 heterocycles. The van der Waals surface area contributed by atoms with E-state index in [1.54, 1.807) is 36.4 Å². The molecule has 1 aromatic heterocycles. The summed E-state index contributed by atoms with van der Waals surface area (Å²) in [6.07, 6.45) is 1.44. The second kappa shape index (κ2) is 10.3. The zero-order chi connectivity index (χ0) is 24.0. The number of ether oxygens (including phenoxy) is 2. The molecule has 33 heavy (non-hydrogen) atoms. The minimum absolute atomic E-state index is 0.425. The summed E-state index contributed by atoms with van der Waals surface area (Å²) in [4.78, 5) is 36.3. The summed E-state index contributed by atoms with van der Waals surface area (Å²) < 4.78 is 11.8. The minimum Gasteiger partial charge on any atom is -0.497 e. The first-order chi connectivity index (χ1) is 15.8. The molecule has 0 radical (unpaired) electrons. The number of esters is 1. The van der Waals surface area contributed by atoms with Gasteiger partial charge >= 0.3 is 17.8 Å². The molecule has 170 valence electrons. The van der Waals surface area contributed by atoms with E-state index in [1.165, 1.54) is 20.4 Å². The fraction of sp³-hybridized carbons (Fsp3) is 0.167. The van der Waals surface area contributed by atoms with Crippen LogP contribution in [-0.4, -0.2) is 42.8 Å². The first kappa shape index (κ1) is 23.3. The van der Waals surface area contributed by atoms with Crippen molar-refractivity contribution in [3.63, 3.8) is 0 Å². The maximum absolute atomic E-state index is 12.2. The van der Waals surface area contributed by atoms with Crippen LogP contribution in [0.4, 0.5) is 5.69 Å². The smallest absolute Gasteiger partial charge is 0.339 e. The van der Waals surface area contributed by atoms with Gasteiger partial charge in [-0.1, -0.05) is 12.1 Å². The fourth-order valence-corrected chi connectivity index (χ4v) is 3.31. The van der Waals surface area contributed by atoms with E-state index in [2.05, 4.69) is 15.8 Å². The predicted octanol–water partition coefficient (Wildman–Crippen LogP) is 2.98. The van der Waals surface area contributed by atoms with Crippen molar-refractivity contribution in [2.75, 3.05) is 19.5 Å². The molecule has 0 aliphatic carbocycles. The van der Waals surface area contributed by atoms with Gasteiger partial charge in [0.2, 0.25) is 0 Å². The third-order valence-electron chi connectivity index (χ3n) is 4.94. The Hall–Kier alpha value is -4.40. The second-order valence-electron chi connectivity index (χ2n) is 7.05. The van der Waals surface area contributed by atoms with E-state index in [1.807, 2.05) is 36.6 Å². The fourth-order valence-electron chi connectivity index (χ4n) is 3.31. The highest BCUT2D eigenvalue weighted by Crippen LogP contribution is 2.23. The summed E-state index contributed by atoms with van der Waals surface area (Å²) in [5, 5.41) is 6.39. The van der Waals surface area contributed by atoms with E-state index in [4.69, 9.17) is 9.47 Å². The van der Waals surface area contributed by atoms with Gasteiger partial charge in [0.15, 0.2) is 0 Å². The summed E-state index contributed by atoms with van der Waals surface area (Å²) in [6.45, 7) is 3.75. The zero-order valence-corrected chi connectivity index (χ0v) is 18.7. The van der Waals surface area contributed by atoms with Crippen LogP contribution >= 0.6 is 0 Å². The summed E-state index contributed by atoms with van der Waals surface area (Å²) in [6, 6.07) is 15.5. The second-order valence-corrected chi connectivity index (χ2v) is 7.05. The van der Waals surface area contributed by atoms with E-state index in [0.29, 0.717) is 28.3 Å². The number of rotatable bonds is 6. The number of benzene rings is 2. The van der Waals surface area contributed by atoms with Gasteiger partial charge in [0.05, 0.1) is 31.7 Å². The van der Waals surface area contributed by atoms with Crippen LogP contribution in [0.1, 0.15) is 27.3 Å². The van der Waals surface area contributed by atoms with E-state index in [-0.39, 0.29) is 0 Å². The lowest BCUT2D eigenvalue weighted by molar-refractivity contribution is -0.136. The van der Waals surface area contributed by atoms with Crippen LogP contribution in [0.2, 0.25) is 0 Å². The van der Waals surface area contributed by atoms with E-state index in [9.17, 15) is 14.4 Å². The van der Waals surface area contributed by atoms with Gasteiger partial charge < -0.3 is 19.4 Å². The first-order valence-corrected chi connectivity index (χ1v) is 10.0. The molecule has 0 fully saturated rings. The highest BCUT2D eigenvalue weighted by atomic mass is 16.5. The molecular weight excluding hydrogens is 424 g/mol. The number of aromatic nitrogens is 1. The van der Waals surface area contributed by atoms with Crippen molar-refractivity contribution in [3.8, 4) is 11.4 Å². The molecule has 3 rings (SSSR count). The van der Waals surface area contributed by atoms with Crippen LogP contribution in [0, 0.1) is 13.8 Å². The molecule has 0 aliphatic heterocycles. The van der Waals surface area contributed by atoms with Crippen LogP contribution in [-0.2, 0) is 14.3 Å². The van der Waals surface area contributed by atoms with Crippen molar-refractivity contribution in [1.82, 2.24) is 9.99 Å². The Balaban J connectivity index is 1.72. The molecule has 0 aliphatic rings. The van der Waals surface area contributed by atoms with Crippen LogP contribution in [0.15, 0.2) is 59.7 Å². The summed E-state index contributed by atoms with van der Waals surface area (Å²) in [5.41, 5.74) is 6.13. The van der Waals surface area contributed by atoms with Crippen LogP contribution in [0.3, 0.4) is 0 Å². The average Bonchev–Trinajstić information content (AvgIpc) is 3.11. The SMILES string of the molecule is COC(=O)c1ccccc1-n1c(C)cc(/C=N/NC(=O)C(=O)Nc2ccc(OC)cc2)c1C. The molecule has 9 heteroatoms. The molecule has 3 aromatic rings. The van der Waals surface area contributed by atoms with Crippen LogP contribution < -0.4 is 15.5 Å². The van der Waals surface area contributed by atoms with Crippen LogP contribution in [0.5, 0.6) is 5.75 Å². The van der Waals surface area contributed by atoms with Crippen molar-refractivity contribution in [2.45, 2.75) is 13.8 Å². The van der Waals surface area contributed by atoms with Gasteiger partial charge in [-0.2, -0.15) is 5.10 Å². The Bertz CT molecular complexity index is 1210. The number of carbonyl (C=O) groups excluding carboxylic acids is 3. The number of hydrogen-bond acceptors (Lipinski definition) is 6. The first-order valence-electron chi connectivity index (χ1n) is 10.0. The normalized spacial score (nSPS) is 10.7.